The highest BCUT2D eigenvalue weighted by Crippen LogP contribution is 2.30. The summed E-state index contributed by atoms with van der Waals surface area (Å²) < 4.78 is 23.8. The molecule has 0 aromatic carbocycles. The number of imidazole rings is 1. The Morgan fingerprint density at radius 2 is 2.07 bits per heavy atom. The van der Waals surface area contributed by atoms with Crippen LogP contribution in [0.4, 0.5) is 0 Å². The minimum Gasteiger partial charge on any atom is -0.335 e. The van der Waals surface area contributed by atoms with Crippen LogP contribution in [0.15, 0.2) is 17.4 Å². The number of aromatic amines is 1. The van der Waals surface area contributed by atoms with Crippen LogP contribution in [0, 0.1) is 0 Å². The fraction of sp³-hybridized carbons (Fsp3) is 0.588. The van der Waals surface area contributed by atoms with Crippen molar-refractivity contribution in [2.45, 2.75) is 49.3 Å². The van der Waals surface area contributed by atoms with Crippen LogP contribution < -0.4 is 0 Å². The number of carbonyl (C=O) groups is 1. The highest BCUT2D eigenvalue weighted by Gasteiger charge is 2.38. The molecule has 4 rings (SSSR count). The van der Waals surface area contributed by atoms with E-state index in [1.54, 1.807) is 6.07 Å². The predicted octanol–water partition coefficient (Wildman–Crippen LogP) is 2.66. The number of hydrogen-bond acceptors (Lipinski definition) is 6. The second-order valence-electron chi connectivity index (χ2n) is 7.15. The van der Waals surface area contributed by atoms with E-state index in [1.807, 2.05) is 4.90 Å². The molecular formula is C17H21ClN4O3S2. The third kappa shape index (κ3) is 4.25. The first kappa shape index (κ1) is 19.0. The van der Waals surface area contributed by atoms with Crippen LogP contribution in [0.1, 0.15) is 32.1 Å². The van der Waals surface area contributed by atoms with Crippen molar-refractivity contribution in [3.05, 3.63) is 17.3 Å². The summed E-state index contributed by atoms with van der Waals surface area (Å²) in [4.78, 5) is 26.5. The zero-order valence-electron chi connectivity index (χ0n) is 14.7. The van der Waals surface area contributed by atoms with E-state index in [2.05, 4.69) is 15.0 Å². The second-order valence-corrected chi connectivity index (χ2v) is 10.8. The molecule has 1 aliphatic heterocycles. The minimum atomic E-state index is -3.03. The summed E-state index contributed by atoms with van der Waals surface area (Å²) in [6.45, 7) is 0. The van der Waals surface area contributed by atoms with Crippen molar-refractivity contribution < 1.29 is 13.2 Å². The number of hydrogen-bond donors (Lipinski definition) is 1. The molecular weight excluding hydrogens is 408 g/mol. The van der Waals surface area contributed by atoms with Gasteiger partial charge in [-0.3, -0.25) is 4.79 Å². The molecule has 1 N–H and O–H groups in total. The summed E-state index contributed by atoms with van der Waals surface area (Å²) >= 11 is 7.25. The number of carbonyl (C=O) groups excluding carboxylic acids is 1. The van der Waals surface area contributed by atoms with Crippen molar-refractivity contribution in [3.63, 3.8) is 0 Å². The molecule has 2 aromatic heterocycles. The summed E-state index contributed by atoms with van der Waals surface area (Å²) in [5.41, 5.74) is 1.29. The largest absolute Gasteiger partial charge is 0.335 e. The first-order valence-corrected chi connectivity index (χ1v) is 12.3. The average Bonchev–Trinajstić information content (AvgIpc) is 3.33. The van der Waals surface area contributed by atoms with E-state index < -0.39 is 9.84 Å². The van der Waals surface area contributed by atoms with Gasteiger partial charge < -0.3 is 9.88 Å². The highest BCUT2D eigenvalue weighted by atomic mass is 35.5. The molecule has 2 fully saturated rings. The lowest BCUT2D eigenvalue weighted by Crippen LogP contribution is -2.47. The third-order valence-corrected chi connectivity index (χ3v) is 8.04. The van der Waals surface area contributed by atoms with Crippen LogP contribution in [0.3, 0.4) is 0 Å². The monoisotopic (exact) mass is 428 g/mol. The van der Waals surface area contributed by atoms with E-state index in [4.69, 9.17) is 11.6 Å². The number of nitrogens with one attached hydrogen (secondary N) is 1. The third-order valence-electron chi connectivity index (χ3n) is 5.22. The summed E-state index contributed by atoms with van der Waals surface area (Å²) in [7, 11) is -3.03. The van der Waals surface area contributed by atoms with Crippen LogP contribution in [-0.2, 0) is 14.6 Å². The van der Waals surface area contributed by atoms with Crippen molar-refractivity contribution in [3.8, 4) is 0 Å². The van der Waals surface area contributed by atoms with Crippen LogP contribution in [0.2, 0.25) is 5.02 Å². The Morgan fingerprint density at radius 3 is 2.78 bits per heavy atom. The predicted molar refractivity (Wildman–Crippen MR) is 106 cm³/mol. The number of nitrogens with zero attached hydrogens (tertiary/aromatic N) is 3. The van der Waals surface area contributed by atoms with Gasteiger partial charge in [0.15, 0.2) is 20.6 Å². The normalized spacial score (nSPS) is 22.5. The molecule has 0 radical (unpaired) electrons. The van der Waals surface area contributed by atoms with Crippen LogP contribution in [0.5, 0.6) is 0 Å². The van der Waals surface area contributed by atoms with Crippen molar-refractivity contribution in [2.24, 2.45) is 0 Å². The topological polar surface area (TPSA) is 96.0 Å². The van der Waals surface area contributed by atoms with E-state index >= 15 is 0 Å². The number of aromatic nitrogens is 3. The summed E-state index contributed by atoms with van der Waals surface area (Å²) in [5, 5.41) is 1.13. The summed E-state index contributed by atoms with van der Waals surface area (Å²) in [5.74, 6) is 0.477. The Kier molecular flexibility index (Phi) is 5.35. The fourth-order valence-electron chi connectivity index (χ4n) is 4.01. The van der Waals surface area contributed by atoms with Gasteiger partial charge in [0.05, 0.1) is 27.8 Å². The molecule has 3 heterocycles. The SMILES string of the molecule is O=C(CSc1nc2ncc(Cl)cc2[nH]1)N(C1CCCC1)C1CCS(=O)(=O)C1. The molecule has 10 heteroatoms. The standard InChI is InChI=1S/C17H21ClN4O3S2/c18-11-7-14-16(19-8-11)21-17(20-14)26-9-15(23)22(12-3-1-2-4-12)13-5-6-27(24,25)10-13/h7-8,12-13H,1-6,9-10H2,(H,19,20,21). The van der Waals surface area contributed by atoms with Gasteiger partial charge in [0.2, 0.25) is 5.91 Å². The molecule has 1 unspecified atom stereocenters. The minimum absolute atomic E-state index is 0.0135. The maximum Gasteiger partial charge on any atom is 0.233 e. The quantitative estimate of drug-likeness (QED) is 0.735. The Bertz CT molecular complexity index is 956. The molecule has 0 spiro atoms. The summed E-state index contributed by atoms with van der Waals surface area (Å²) in [6.07, 6.45) is 6.18. The molecule has 2 aliphatic rings. The molecule has 1 saturated carbocycles. The van der Waals surface area contributed by atoms with E-state index in [1.165, 1.54) is 18.0 Å². The first-order chi connectivity index (χ1) is 12.9. The first-order valence-electron chi connectivity index (χ1n) is 9.07. The Labute approximate surface area is 167 Å². The number of thioether (sulfide) groups is 1. The lowest BCUT2D eigenvalue weighted by Gasteiger charge is -2.34. The molecule has 0 bridgehead atoms. The smallest absolute Gasteiger partial charge is 0.233 e. The van der Waals surface area contributed by atoms with Gasteiger partial charge in [-0.1, -0.05) is 36.2 Å². The molecule has 1 amide bonds. The van der Waals surface area contributed by atoms with Crippen molar-refractivity contribution in [1.29, 1.82) is 0 Å². The van der Waals surface area contributed by atoms with E-state index in [0.29, 0.717) is 22.2 Å². The van der Waals surface area contributed by atoms with Gasteiger partial charge in [-0.15, -0.1) is 0 Å². The highest BCUT2D eigenvalue weighted by molar-refractivity contribution is 7.99. The zero-order chi connectivity index (χ0) is 19.0. The van der Waals surface area contributed by atoms with Crippen LogP contribution >= 0.6 is 23.4 Å². The van der Waals surface area contributed by atoms with Gasteiger partial charge in [-0.05, 0) is 25.3 Å². The Balaban J connectivity index is 1.47. The molecule has 1 atom stereocenters. The number of sulfone groups is 1. The van der Waals surface area contributed by atoms with Crippen molar-refractivity contribution >= 4 is 50.3 Å². The van der Waals surface area contributed by atoms with Gasteiger partial charge in [-0.2, -0.15) is 0 Å². The van der Waals surface area contributed by atoms with E-state index in [9.17, 15) is 13.2 Å². The zero-order valence-corrected chi connectivity index (χ0v) is 17.1. The lowest BCUT2D eigenvalue weighted by atomic mass is 10.1. The number of halogens is 1. The molecule has 146 valence electrons. The molecule has 1 saturated heterocycles. The van der Waals surface area contributed by atoms with Crippen LogP contribution in [-0.4, -0.2) is 63.5 Å². The maximum absolute atomic E-state index is 13.0. The fourth-order valence-corrected chi connectivity index (χ4v) is 6.62. The molecule has 7 nitrogen and oxygen atoms in total. The molecule has 1 aliphatic carbocycles. The Morgan fingerprint density at radius 1 is 1.30 bits per heavy atom. The number of fused-ring (bicyclic) bond motifs is 1. The lowest BCUT2D eigenvalue weighted by molar-refractivity contribution is -0.132. The number of H-pyrrole nitrogens is 1. The van der Waals surface area contributed by atoms with Gasteiger partial charge in [0.25, 0.3) is 0 Å². The van der Waals surface area contributed by atoms with Gasteiger partial charge >= 0.3 is 0 Å². The van der Waals surface area contributed by atoms with Gasteiger partial charge in [0.1, 0.15) is 0 Å². The van der Waals surface area contributed by atoms with Crippen molar-refractivity contribution in [2.75, 3.05) is 17.3 Å². The van der Waals surface area contributed by atoms with Gasteiger partial charge in [0, 0.05) is 18.3 Å². The van der Waals surface area contributed by atoms with Crippen molar-refractivity contribution in [1.82, 2.24) is 19.9 Å². The number of amides is 1. The van der Waals surface area contributed by atoms with Gasteiger partial charge in [-0.25, -0.2) is 18.4 Å². The maximum atomic E-state index is 13.0. The summed E-state index contributed by atoms with van der Waals surface area (Å²) in [6, 6.07) is 1.71. The average molecular weight is 429 g/mol. The molecule has 27 heavy (non-hydrogen) atoms. The number of rotatable bonds is 5. The van der Waals surface area contributed by atoms with E-state index in [0.717, 1.165) is 31.2 Å². The van der Waals surface area contributed by atoms with Crippen LogP contribution in [0.25, 0.3) is 11.2 Å². The molecule has 2 aromatic rings. The van der Waals surface area contributed by atoms with E-state index in [-0.39, 0.29) is 35.2 Å². The Hall–Kier alpha value is -1.32. The number of pyridine rings is 1. The second kappa shape index (κ2) is 7.60.